The van der Waals surface area contributed by atoms with Gasteiger partial charge in [-0.2, -0.15) is 0 Å². The second kappa shape index (κ2) is 6.46. The van der Waals surface area contributed by atoms with E-state index in [-0.39, 0.29) is 6.09 Å². The molecule has 0 radical (unpaired) electrons. The number of aromatic nitrogens is 1. The number of ether oxygens (including phenoxy) is 2. The van der Waals surface area contributed by atoms with E-state index in [4.69, 9.17) is 9.47 Å². The Labute approximate surface area is 119 Å². The van der Waals surface area contributed by atoms with Crippen LogP contribution in [0.5, 0.6) is 5.75 Å². The first-order chi connectivity index (χ1) is 9.71. The molecule has 4 nitrogen and oxygen atoms in total. The van der Waals surface area contributed by atoms with Gasteiger partial charge in [-0.25, -0.2) is 9.36 Å². The van der Waals surface area contributed by atoms with Gasteiger partial charge >= 0.3 is 6.09 Å². The second-order valence-electron chi connectivity index (χ2n) is 4.70. The van der Waals surface area contributed by atoms with Gasteiger partial charge in [0.05, 0.1) is 19.2 Å². The summed E-state index contributed by atoms with van der Waals surface area (Å²) in [6, 6.07) is 7.81. The molecule has 1 aromatic carbocycles. The summed E-state index contributed by atoms with van der Waals surface area (Å²) in [6.45, 7) is 4.33. The zero-order valence-electron chi connectivity index (χ0n) is 12.3. The third-order valence-corrected chi connectivity index (χ3v) is 3.32. The van der Waals surface area contributed by atoms with Gasteiger partial charge in [-0.15, -0.1) is 0 Å². The Bertz CT molecular complexity index is 601. The standard InChI is InChI=1S/C16H21NO3/c1-4-6-7-13-10-12-8-9-14(19-3)11-15(12)17(13)16(18)20-5-2/h8-11H,4-7H2,1-3H3. The van der Waals surface area contributed by atoms with Crippen molar-refractivity contribution in [3.8, 4) is 5.75 Å². The lowest BCUT2D eigenvalue weighted by molar-refractivity contribution is 0.154. The van der Waals surface area contributed by atoms with Crippen LogP contribution in [-0.4, -0.2) is 24.4 Å². The zero-order chi connectivity index (χ0) is 14.5. The summed E-state index contributed by atoms with van der Waals surface area (Å²) in [5.41, 5.74) is 1.84. The minimum atomic E-state index is -0.318. The summed E-state index contributed by atoms with van der Waals surface area (Å²) < 4.78 is 12.1. The van der Waals surface area contributed by atoms with Gasteiger partial charge in [0.2, 0.25) is 0 Å². The third-order valence-electron chi connectivity index (χ3n) is 3.32. The van der Waals surface area contributed by atoms with E-state index in [2.05, 4.69) is 13.0 Å². The Morgan fingerprint density at radius 2 is 2.05 bits per heavy atom. The number of nitrogens with zero attached hydrogens (tertiary/aromatic N) is 1. The summed E-state index contributed by atoms with van der Waals surface area (Å²) in [6.07, 6.45) is 2.69. The molecule has 2 aromatic rings. The summed E-state index contributed by atoms with van der Waals surface area (Å²) in [4.78, 5) is 12.2. The number of methoxy groups -OCH3 is 1. The average molecular weight is 275 g/mol. The van der Waals surface area contributed by atoms with Crippen molar-refractivity contribution < 1.29 is 14.3 Å². The monoisotopic (exact) mass is 275 g/mol. The zero-order valence-corrected chi connectivity index (χ0v) is 12.3. The van der Waals surface area contributed by atoms with E-state index in [1.807, 2.05) is 25.1 Å². The molecule has 20 heavy (non-hydrogen) atoms. The fraction of sp³-hybridized carbons (Fsp3) is 0.438. The lowest BCUT2D eigenvalue weighted by Gasteiger charge is -2.09. The summed E-state index contributed by atoms with van der Waals surface area (Å²) in [5, 5.41) is 1.03. The van der Waals surface area contributed by atoms with Crippen molar-refractivity contribution in [1.29, 1.82) is 0 Å². The Balaban J connectivity index is 2.53. The summed E-state index contributed by atoms with van der Waals surface area (Å²) >= 11 is 0. The lowest BCUT2D eigenvalue weighted by atomic mass is 10.2. The Morgan fingerprint density at radius 1 is 1.25 bits per heavy atom. The topological polar surface area (TPSA) is 40.5 Å². The molecule has 0 unspecified atom stereocenters. The molecule has 0 saturated heterocycles. The molecule has 2 rings (SSSR count). The molecule has 0 saturated carbocycles. The molecule has 0 aliphatic carbocycles. The summed E-state index contributed by atoms with van der Waals surface area (Å²) in [5.74, 6) is 0.739. The smallest absolute Gasteiger partial charge is 0.418 e. The first kappa shape index (κ1) is 14.4. The van der Waals surface area contributed by atoms with Crippen LogP contribution in [-0.2, 0) is 11.2 Å². The molecule has 0 aliphatic heterocycles. The van der Waals surface area contributed by atoms with Crippen LogP contribution in [0.3, 0.4) is 0 Å². The lowest BCUT2D eigenvalue weighted by Crippen LogP contribution is -2.16. The van der Waals surface area contributed by atoms with Gasteiger partial charge in [0.15, 0.2) is 0 Å². The predicted molar refractivity (Wildman–Crippen MR) is 79.5 cm³/mol. The normalized spacial score (nSPS) is 10.8. The Hall–Kier alpha value is -1.97. The van der Waals surface area contributed by atoms with Crippen molar-refractivity contribution in [3.05, 3.63) is 30.0 Å². The molecule has 1 aromatic heterocycles. The molecule has 0 amide bonds. The highest BCUT2D eigenvalue weighted by atomic mass is 16.5. The van der Waals surface area contributed by atoms with Crippen LogP contribution in [0.15, 0.2) is 24.3 Å². The van der Waals surface area contributed by atoms with Gasteiger partial charge in [0.1, 0.15) is 5.75 Å². The number of unbranched alkanes of at least 4 members (excludes halogenated alkanes) is 1. The van der Waals surface area contributed by atoms with E-state index in [0.29, 0.717) is 6.61 Å². The predicted octanol–water partition coefficient (Wildman–Crippen LogP) is 4.00. The van der Waals surface area contributed by atoms with Crippen LogP contribution in [0.1, 0.15) is 32.4 Å². The quantitative estimate of drug-likeness (QED) is 0.828. The number of benzene rings is 1. The van der Waals surface area contributed by atoms with Crippen molar-refractivity contribution in [2.24, 2.45) is 0 Å². The van der Waals surface area contributed by atoms with E-state index in [1.165, 1.54) is 0 Å². The molecule has 0 spiro atoms. The maximum atomic E-state index is 12.2. The van der Waals surface area contributed by atoms with Gasteiger partial charge in [0.25, 0.3) is 0 Å². The number of fused-ring (bicyclic) bond motifs is 1. The first-order valence-corrected chi connectivity index (χ1v) is 7.06. The van der Waals surface area contributed by atoms with Gasteiger partial charge in [-0.3, -0.25) is 0 Å². The number of carbonyl (C=O) groups is 1. The largest absolute Gasteiger partial charge is 0.497 e. The molecule has 0 bridgehead atoms. The van der Waals surface area contributed by atoms with Crippen LogP contribution in [0.25, 0.3) is 10.9 Å². The van der Waals surface area contributed by atoms with Crippen molar-refractivity contribution in [2.45, 2.75) is 33.1 Å². The summed E-state index contributed by atoms with van der Waals surface area (Å²) in [7, 11) is 1.62. The molecule has 0 fully saturated rings. The van der Waals surface area contributed by atoms with Crippen molar-refractivity contribution >= 4 is 17.0 Å². The Morgan fingerprint density at radius 3 is 2.70 bits per heavy atom. The van der Waals surface area contributed by atoms with E-state index in [0.717, 1.165) is 41.6 Å². The van der Waals surface area contributed by atoms with E-state index < -0.39 is 0 Å². The molecule has 0 atom stereocenters. The van der Waals surface area contributed by atoms with Crippen molar-refractivity contribution in [1.82, 2.24) is 4.57 Å². The van der Waals surface area contributed by atoms with Crippen LogP contribution in [0.4, 0.5) is 4.79 Å². The first-order valence-electron chi connectivity index (χ1n) is 7.06. The molecule has 108 valence electrons. The molecule has 4 heteroatoms. The maximum absolute atomic E-state index is 12.2. The average Bonchev–Trinajstić information content (AvgIpc) is 2.82. The van der Waals surface area contributed by atoms with Gasteiger partial charge in [0, 0.05) is 17.1 Å². The van der Waals surface area contributed by atoms with Crippen LogP contribution in [0, 0.1) is 0 Å². The number of rotatable bonds is 5. The van der Waals surface area contributed by atoms with Crippen molar-refractivity contribution in [2.75, 3.05) is 13.7 Å². The third kappa shape index (κ3) is 2.79. The Kier molecular flexibility index (Phi) is 4.66. The highest BCUT2D eigenvalue weighted by Gasteiger charge is 2.16. The van der Waals surface area contributed by atoms with Crippen molar-refractivity contribution in [3.63, 3.8) is 0 Å². The highest BCUT2D eigenvalue weighted by molar-refractivity contribution is 5.91. The van der Waals surface area contributed by atoms with Crippen LogP contribution in [0.2, 0.25) is 0 Å². The molecular weight excluding hydrogens is 254 g/mol. The fourth-order valence-electron chi connectivity index (χ4n) is 2.31. The number of aryl methyl sites for hydroxylation is 1. The SMILES string of the molecule is CCCCc1cc2ccc(OC)cc2n1C(=O)OCC. The maximum Gasteiger partial charge on any atom is 0.418 e. The minimum Gasteiger partial charge on any atom is -0.497 e. The highest BCUT2D eigenvalue weighted by Crippen LogP contribution is 2.26. The molecule has 0 N–H and O–H groups in total. The molecular formula is C16H21NO3. The number of hydrogen-bond acceptors (Lipinski definition) is 3. The second-order valence-corrected chi connectivity index (χ2v) is 4.70. The van der Waals surface area contributed by atoms with Gasteiger partial charge in [-0.05, 0) is 38.0 Å². The van der Waals surface area contributed by atoms with E-state index >= 15 is 0 Å². The van der Waals surface area contributed by atoms with Gasteiger partial charge < -0.3 is 9.47 Å². The fourth-order valence-corrected chi connectivity index (χ4v) is 2.31. The van der Waals surface area contributed by atoms with Gasteiger partial charge in [-0.1, -0.05) is 13.3 Å². The van der Waals surface area contributed by atoms with Crippen LogP contribution >= 0.6 is 0 Å². The van der Waals surface area contributed by atoms with Crippen LogP contribution < -0.4 is 4.74 Å². The van der Waals surface area contributed by atoms with E-state index in [1.54, 1.807) is 11.7 Å². The number of carbonyl (C=O) groups excluding carboxylic acids is 1. The molecule has 0 aliphatic rings. The van der Waals surface area contributed by atoms with E-state index in [9.17, 15) is 4.79 Å². The number of hydrogen-bond donors (Lipinski definition) is 0. The minimum absolute atomic E-state index is 0.318. The molecule has 1 heterocycles.